The molecule has 5 rings (SSSR count). The number of methoxy groups -OCH3 is 1. The van der Waals surface area contributed by atoms with Gasteiger partial charge in [-0.1, -0.05) is 12.1 Å². The minimum atomic E-state index is -0.470. The Bertz CT molecular complexity index is 1510. The summed E-state index contributed by atoms with van der Waals surface area (Å²) in [4.78, 5) is 42.8. The van der Waals surface area contributed by atoms with Crippen LogP contribution in [-0.4, -0.2) is 85.5 Å². The van der Waals surface area contributed by atoms with Crippen LogP contribution in [0.15, 0.2) is 77.7 Å². The van der Waals surface area contributed by atoms with Gasteiger partial charge in [0.2, 0.25) is 0 Å². The van der Waals surface area contributed by atoms with Gasteiger partial charge in [-0.25, -0.2) is 4.90 Å². The molecule has 2 heterocycles. The van der Waals surface area contributed by atoms with E-state index < -0.39 is 4.92 Å². The van der Waals surface area contributed by atoms with Gasteiger partial charge in [-0.2, -0.15) is 0 Å². The zero-order valence-corrected chi connectivity index (χ0v) is 26.7. The zero-order valence-electron chi connectivity index (χ0n) is 25.8. The highest BCUT2D eigenvalue weighted by Gasteiger charge is 2.36. The number of hydrogen-bond donors (Lipinski definition) is 0. The van der Waals surface area contributed by atoms with Gasteiger partial charge in [-0.05, 0) is 97.7 Å². The number of carbonyl (C=O) groups is 2. The van der Waals surface area contributed by atoms with Gasteiger partial charge in [0.15, 0.2) is 0 Å². The van der Waals surface area contributed by atoms with Crippen molar-refractivity contribution in [1.29, 1.82) is 0 Å². The smallest absolute Gasteiger partial charge is 0.298 e. The topological polar surface area (TPSA) is 115 Å². The third-order valence-electron chi connectivity index (χ3n) is 7.77. The van der Waals surface area contributed by atoms with Crippen LogP contribution >= 0.6 is 11.8 Å². The predicted octanol–water partition coefficient (Wildman–Crippen LogP) is 6.44. The molecule has 3 aromatic rings. The first-order valence-corrected chi connectivity index (χ1v) is 16.2. The number of nitro benzene ring substituents is 1. The molecule has 2 amide bonds. The van der Waals surface area contributed by atoms with E-state index in [1.54, 1.807) is 61.7 Å². The van der Waals surface area contributed by atoms with E-state index in [4.69, 9.17) is 14.2 Å². The molecule has 0 radical (unpaired) electrons. The van der Waals surface area contributed by atoms with Crippen LogP contribution in [0.4, 0.5) is 16.2 Å². The van der Waals surface area contributed by atoms with Crippen LogP contribution in [0.1, 0.15) is 24.8 Å². The minimum Gasteiger partial charge on any atom is -0.494 e. The minimum absolute atomic E-state index is 0.0166. The maximum Gasteiger partial charge on any atom is 0.298 e. The molecule has 0 aliphatic carbocycles. The molecule has 2 aliphatic rings. The summed E-state index contributed by atoms with van der Waals surface area (Å²) in [6.45, 7) is 8.03. The molecule has 0 aromatic heterocycles. The van der Waals surface area contributed by atoms with Crippen molar-refractivity contribution in [1.82, 2.24) is 9.80 Å². The normalized spacial score (nSPS) is 16.7. The van der Waals surface area contributed by atoms with Crippen LogP contribution in [0.5, 0.6) is 17.2 Å². The molecule has 0 bridgehead atoms. The highest BCUT2D eigenvalue weighted by molar-refractivity contribution is 8.19. The molecule has 0 saturated carbocycles. The Hall–Kier alpha value is -4.23. The number of benzene rings is 3. The van der Waals surface area contributed by atoms with E-state index in [1.807, 2.05) is 0 Å². The zero-order chi connectivity index (χ0) is 32.3. The number of piperazine rings is 1. The van der Waals surface area contributed by atoms with Crippen molar-refractivity contribution in [2.75, 3.05) is 64.5 Å². The standard InChI is InChI=1S/C34H38N4O7S/c1-43-23-4-18-36-21-19-35(20-22-36)17-2-3-24-44-29-13-7-27(8-14-29)37-33(39)32(46-34(37)40)25-26-5-11-30(12-6-26)45-31-15-9-28(10-16-31)38(41)42/h5-16,25H,2-4,17-24H2,1H3. The predicted molar refractivity (Wildman–Crippen MR) is 179 cm³/mol. The largest absolute Gasteiger partial charge is 0.494 e. The van der Waals surface area contributed by atoms with Crippen LogP contribution < -0.4 is 14.4 Å². The SMILES string of the molecule is COCCCN1CCN(CCCCOc2ccc(N3C(=O)SC(=Cc4ccc(Oc5ccc([N+](=O)[O-])cc5)cc4)C3=O)cc2)CC1. The van der Waals surface area contributed by atoms with Gasteiger partial charge in [0, 0.05) is 58.6 Å². The maximum absolute atomic E-state index is 13.1. The summed E-state index contributed by atoms with van der Waals surface area (Å²) in [6.07, 6.45) is 4.77. The van der Waals surface area contributed by atoms with Crippen LogP contribution in [0.3, 0.4) is 0 Å². The summed E-state index contributed by atoms with van der Waals surface area (Å²) in [5.41, 5.74) is 1.20. The molecular weight excluding hydrogens is 608 g/mol. The number of hydrogen-bond acceptors (Lipinski definition) is 10. The first-order valence-electron chi connectivity index (χ1n) is 15.4. The van der Waals surface area contributed by atoms with E-state index in [9.17, 15) is 19.7 Å². The second-order valence-corrected chi connectivity index (χ2v) is 12.0. The number of carbonyl (C=O) groups excluding carboxylic acids is 2. The third kappa shape index (κ3) is 9.16. The Kier molecular flexibility index (Phi) is 11.8. The molecule has 46 heavy (non-hydrogen) atoms. The van der Waals surface area contributed by atoms with Crippen molar-refractivity contribution in [2.45, 2.75) is 19.3 Å². The molecule has 2 aliphatic heterocycles. The fourth-order valence-corrected chi connectivity index (χ4v) is 6.08. The summed E-state index contributed by atoms with van der Waals surface area (Å²) < 4.78 is 16.8. The fraction of sp³-hybridized carbons (Fsp3) is 0.353. The number of nitrogens with zero attached hydrogens (tertiary/aromatic N) is 4. The number of amides is 2. The summed E-state index contributed by atoms with van der Waals surface area (Å²) in [7, 11) is 1.75. The molecular formula is C34H38N4O7S. The lowest BCUT2D eigenvalue weighted by Gasteiger charge is -2.34. The summed E-state index contributed by atoms with van der Waals surface area (Å²) in [6, 6.07) is 19.8. The highest BCUT2D eigenvalue weighted by atomic mass is 32.2. The van der Waals surface area contributed by atoms with Gasteiger partial charge in [-0.15, -0.1) is 0 Å². The number of anilines is 1. The Morgan fingerprint density at radius 3 is 1.98 bits per heavy atom. The van der Waals surface area contributed by atoms with E-state index >= 15 is 0 Å². The van der Waals surface area contributed by atoms with Crippen LogP contribution in [0.2, 0.25) is 0 Å². The molecule has 0 atom stereocenters. The van der Waals surface area contributed by atoms with Crippen molar-refractivity contribution in [3.63, 3.8) is 0 Å². The molecule has 11 nitrogen and oxygen atoms in total. The summed E-state index contributed by atoms with van der Waals surface area (Å²) >= 11 is 0.891. The molecule has 2 saturated heterocycles. The average Bonchev–Trinajstić information content (AvgIpc) is 3.34. The quantitative estimate of drug-likeness (QED) is 0.0791. The second kappa shape index (κ2) is 16.4. The van der Waals surface area contributed by atoms with Crippen LogP contribution in [-0.2, 0) is 9.53 Å². The molecule has 0 N–H and O–H groups in total. The van der Waals surface area contributed by atoms with Crippen molar-refractivity contribution < 1.29 is 28.7 Å². The van der Waals surface area contributed by atoms with Gasteiger partial charge < -0.3 is 24.0 Å². The van der Waals surface area contributed by atoms with Gasteiger partial charge in [0.1, 0.15) is 17.2 Å². The lowest BCUT2D eigenvalue weighted by atomic mass is 10.2. The Morgan fingerprint density at radius 1 is 0.783 bits per heavy atom. The van der Waals surface area contributed by atoms with E-state index in [0.717, 1.165) is 82.5 Å². The van der Waals surface area contributed by atoms with E-state index in [2.05, 4.69) is 9.80 Å². The van der Waals surface area contributed by atoms with Crippen molar-refractivity contribution in [2.24, 2.45) is 0 Å². The van der Waals surface area contributed by atoms with Crippen LogP contribution in [0, 0.1) is 10.1 Å². The van der Waals surface area contributed by atoms with E-state index in [-0.39, 0.29) is 16.8 Å². The van der Waals surface area contributed by atoms with Crippen LogP contribution in [0.25, 0.3) is 6.08 Å². The molecule has 3 aromatic carbocycles. The summed E-state index contributed by atoms with van der Waals surface area (Å²) in [5, 5.41) is 10.5. The fourth-order valence-electron chi connectivity index (χ4n) is 5.23. The number of nitro groups is 1. The monoisotopic (exact) mass is 646 g/mol. The maximum atomic E-state index is 13.1. The molecule has 242 valence electrons. The number of ether oxygens (including phenoxy) is 3. The first kappa shape index (κ1) is 33.1. The molecule has 0 unspecified atom stereocenters. The summed E-state index contributed by atoms with van der Waals surface area (Å²) in [5.74, 6) is 1.31. The van der Waals surface area contributed by atoms with Crippen molar-refractivity contribution in [3.8, 4) is 17.2 Å². The number of rotatable bonds is 15. The number of unbranched alkanes of at least 4 members (excludes halogenated alkanes) is 1. The molecule has 0 spiro atoms. The number of thioether (sulfide) groups is 1. The molecule has 2 fully saturated rings. The highest BCUT2D eigenvalue weighted by Crippen LogP contribution is 2.36. The number of imide groups is 1. The van der Waals surface area contributed by atoms with Crippen molar-refractivity contribution >= 4 is 40.4 Å². The van der Waals surface area contributed by atoms with E-state index in [1.165, 1.54) is 29.2 Å². The Morgan fingerprint density at radius 2 is 1.37 bits per heavy atom. The average molecular weight is 647 g/mol. The lowest BCUT2D eigenvalue weighted by molar-refractivity contribution is -0.384. The van der Waals surface area contributed by atoms with Gasteiger partial charge in [-0.3, -0.25) is 19.7 Å². The second-order valence-electron chi connectivity index (χ2n) is 11.0. The van der Waals surface area contributed by atoms with Gasteiger partial charge in [0.05, 0.1) is 22.1 Å². The first-order chi connectivity index (χ1) is 22.4. The van der Waals surface area contributed by atoms with Gasteiger partial charge >= 0.3 is 0 Å². The Labute approximate surface area is 272 Å². The van der Waals surface area contributed by atoms with E-state index in [0.29, 0.717) is 34.4 Å². The Balaban J connectivity index is 1.05. The van der Waals surface area contributed by atoms with Gasteiger partial charge in [0.25, 0.3) is 16.8 Å². The van der Waals surface area contributed by atoms with Crippen molar-refractivity contribution in [3.05, 3.63) is 93.4 Å². The lowest BCUT2D eigenvalue weighted by Crippen LogP contribution is -2.46. The molecule has 12 heteroatoms. The number of non-ortho nitro benzene ring substituents is 1. The third-order valence-corrected chi connectivity index (χ3v) is 8.64.